The Morgan fingerprint density at radius 3 is 2.35 bits per heavy atom. The molecule has 2 aromatic rings. The van der Waals surface area contributed by atoms with Gasteiger partial charge in [0.15, 0.2) is 5.72 Å². The van der Waals surface area contributed by atoms with Gasteiger partial charge in [-0.2, -0.15) is 0 Å². The maximum absolute atomic E-state index is 11.8. The molecule has 1 aliphatic heterocycles. The van der Waals surface area contributed by atoms with Crippen molar-refractivity contribution in [1.82, 2.24) is 5.32 Å². The summed E-state index contributed by atoms with van der Waals surface area (Å²) in [5.74, 6) is -0.244. The van der Waals surface area contributed by atoms with E-state index in [0.29, 0.717) is 16.7 Å². The molecule has 1 heterocycles. The number of aliphatic hydroxyl groups is 1. The van der Waals surface area contributed by atoms with E-state index in [9.17, 15) is 9.90 Å². The second-order valence-corrected chi connectivity index (χ2v) is 4.08. The molecule has 1 amide bonds. The van der Waals surface area contributed by atoms with Crippen molar-refractivity contribution >= 4 is 5.91 Å². The van der Waals surface area contributed by atoms with E-state index in [1.807, 2.05) is 24.3 Å². The second kappa shape index (κ2) is 3.43. The summed E-state index contributed by atoms with van der Waals surface area (Å²) < 4.78 is 0. The zero-order valence-electron chi connectivity index (χ0n) is 9.05. The Kier molecular flexibility index (Phi) is 2.03. The first-order valence-electron chi connectivity index (χ1n) is 5.42. The molecule has 3 nitrogen and oxygen atoms in total. The van der Waals surface area contributed by atoms with Crippen molar-refractivity contribution in [3.05, 3.63) is 71.3 Å². The van der Waals surface area contributed by atoms with Gasteiger partial charge in [-0.15, -0.1) is 0 Å². The lowest BCUT2D eigenvalue weighted by atomic mass is 9.95. The Balaban J connectivity index is 2.21. The number of hydrogen-bond donors (Lipinski definition) is 2. The molecule has 0 aliphatic carbocycles. The molecule has 2 aromatic carbocycles. The van der Waals surface area contributed by atoms with E-state index in [-0.39, 0.29) is 5.91 Å². The van der Waals surface area contributed by atoms with Gasteiger partial charge >= 0.3 is 0 Å². The maximum Gasteiger partial charge on any atom is 0.254 e. The number of rotatable bonds is 1. The summed E-state index contributed by atoms with van der Waals surface area (Å²) >= 11 is 0. The SMILES string of the molecule is O=C1N[C@](O)(c2ccccc2)c2ccccc21. The molecule has 0 unspecified atom stereocenters. The molecule has 3 rings (SSSR count). The third kappa shape index (κ3) is 1.36. The fraction of sp³-hybridized carbons (Fsp3) is 0.0714. The first-order valence-corrected chi connectivity index (χ1v) is 5.42. The van der Waals surface area contributed by atoms with Gasteiger partial charge in [0.05, 0.1) is 0 Å². The highest BCUT2D eigenvalue weighted by molar-refractivity contribution is 6.00. The third-order valence-corrected chi connectivity index (χ3v) is 3.05. The van der Waals surface area contributed by atoms with Crippen LogP contribution in [-0.2, 0) is 5.72 Å². The van der Waals surface area contributed by atoms with Gasteiger partial charge in [0, 0.05) is 16.7 Å². The molecule has 0 spiro atoms. The second-order valence-electron chi connectivity index (χ2n) is 4.08. The number of benzene rings is 2. The van der Waals surface area contributed by atoms with Gasteiger partial charge in [-0.1, -0.05) is 48.5 Å². The number of nitrogens with one attached hydrogen (secondary N) is 1. The lowest BCUT2D eigenvalue weighted by molar-refractivity contribution is 0.0476. The highest BCUT2D eigenvalue weighted by Gasteiger charge is 2.42. The molecule has 0 radical (unpaired) electrons. The Hall–Kier alpha value is -2.13. The Labute approximate surface area is 98.7 Å². The predicted molar refractivity (Wildman–Crippen MR) is 63.3 cm³/mol. The van der Waals surface area contributed by atoms with E-state index in [4.69, 9.17) is 0 Å². The van der Waals surface area contributed by atoms with Gasteiger partial charge in [0.25, 0.3) is 5.91 Å². The van der Waals surface area contributed by atoms with Crippen molar-refractivity contribution in [3.8, 4) is 0 Å². The summed E-state index contributed by atoms with van der Waals surface area (Å²) in [6.45, 7) is 0. The largest absolute Gasteiger partial charge is 0.363 e. The predicted octanol–water partition coefficient (Wildman–Crippen LogP) is 1.62. The summed E-state index contributed by atoms with van der Waals surface area (Å²) in [6.07, 6.45) is 0. The first-order chi connectivity index (χ1) is 8.22. The van der Waals surface area contributed by atoms with Crippen LogP contribution in [0.5, 0.6) is 0 Å². The van der Waals surface area contributed by atoms with Crippen LogP contribution in [0.1, 0.15) is 21.5 Å². The molecule has 84 valence electrons. The fourth-order valence-corrected chi connectivity index (χ4v) is 2.20. The lowest BCUT2D eigenvalue weighted by Gasteiger charge is -2.24. The maximum atomic E-state index is 11.8. The molecule has 17 heavy (non-hydrogen) atoms. The van der Waals surface area contributed by atoms with E-state index in [1.54, 1.807) is 30.3 Å². The normalized spacial score (nSPS) is 22.1. The van der Waals surface area contributed by atoms with Crippen molar-refractivity contribution in [2.24, 2.45) is 0 Å². The molecule has 0 saturated heterocycles. The summed E-state index contributed by atoms with van der Waals surface area (Å²) in [5, 5.41) is 13.3. The molecular weight excluding hydrogens is 214 g/mol. The molecule has 0 bridgehead atoms. The molecule has 1 aliphatic rings. The quantitative estimate of drug-likeness (QED) is 0.774. The Morgan fingerprint density at radius 1 is 0.941 bits per heavy atom. The smallest absolute Gasteiger partial charge is 0.254 e. The summed E-state index contributed by atoms with van der Waals surface area (Å²) in [7, 11) is 0. The zero-order chi connectivity index (χ0) is 11.9. The average Bonchev–Trinajstić information content (AvgIpc) is 2.65. The van der Waals surface area contributed by atoms with E-state index in [1.165, 1.54) is 0 Å². The number of carbonyl (C=O) groups is 1. The van der Waals surface area contributed by atoms with Gasteiger partial charge in [0.2, 0.25) is 0 Å². The van der Waals surface area contributed by atoms with Crippen LogP contribution in [0, 0.1) is 0 Å². The standard InChI is InChI=1S/C14H11NO2/c16-13-11-8-4-5-9-12(11)14(17,15-13)10-6-2-1-3-7-10/h1-9,17H,(H,15,16)/t14-/m0/s1. The van der Waals surface area contributed by atoms with Crippen LogP contribution in [0.4, 0.5) is 0 Å². The van der Waals surface area contributed by atoms with Crippen LogP contribution >= 0.6 is 0 Å². The number of carbonyl (C=O) groups excluding carboxylic acids is 1. The van der Waals surface area contributed by atoms with Crippen molar-refractivity contribution in [1.29, 1.82) is 0 Å². The zero-order valence-corrected chi connectivity index (χ0v) is 9.05. The molecule has 2 N–H and O–H groups in total. The van der Waals surface area contributed by atoms with Gasteiger partial charge in [0.1, 0.15) is 0 Å². The molecule has 1 atom stereocenters. The van der Waals surface area contributed by atoms with E-state index < -0.39 is 5.72 Å². The molecule has 3 heteroatoms. The highest BCUT2D eigenvalue weighted by atomic mass is 16.3. The van der Waals surface area contributed by atoms with Gasteiger partial charge in [-0.25, -0.2) is 0 Å². The first kappa shape index (κ1) is 10.1. The Bertz CT molecular complexity index is 580. The summed E-state index contributed by atoms with van der Waals surface area (Å²) in [6, 6.07) is 16.2. The molecule has 0 aromatic heterocycles. The van der Waals surface area contributed by atoms with Gasteiger partial charge in [-0.05, 0) is 6.07 Å². The van der Waals surface area contributed by atoms with Gasteiger partial charge < -0.3 is 10.4 Å². The van der Waals surface area contributed by atoms with Crippen molar-refractivity contribution in [3.63, 3.8) is 0 Å². The fourth-order valence-electron chi connectivity index (χ4n) is 2.20. The van der Waals surface area contributed by atoms with Crippen LogP contribution in [-0.4, -0.2) is 11.0 Å². The number of amides is 1. The van der Waals surface area contributed by atoms with Crippen LogP contribution < -0.4 is 5.32 Å². The number of hydrogen-bond acceptors (Lipinski definition) is 2. The molecule has 0 saturated carbocycles. The van der Waals surface area contributed by atoms with Crippen molar-refractivity contribution < 1.29 is 9.90 Å². The van der Waals surface area contributed by atoms with Crippen LogP contribution in [0.3, 0.4) is 0 Å². The Morgan fingerprint density at radius 2 is 1.59 bits per heavy atom. The summed E-state index contributed by atoms with van der Waals surface area (Å²) in [4.78, 5) is 11.8. The topological polar surface area (TPSA) is 49.3 Å². The van der Waals surface area contributed by atoms with Crippen LogP contribution in [0.25, 0.3) is 0 Å². The third-order valence-electron chi connectivity index (χ3n) is 3.05. The average molecular weight is 225 g/mol. The monoisotopic (exact) mass is 225 g/mol. The van der Waals surface area contributed by atoms with E-state index in [0.717, 1.165) is 0 Å². The minimum atomic E-state index is -1.41. The van der Waals surface area contributed by atoms with Crippen LogP contribution in [0.15, 0.2) is 54.6 Å². The number of fused-ring (bicyclic) bond motifs is 1. The minimum Gasteiger partial charge on any atom is -0.363 e. The molecular formula is C14H11NO2. The van der Waals surface area contributed by atoms with E-state index >= 15 is 0 Å². The summed E-state index contributed by atoms with van der Waals surface area (Å²) in [5.41, 5.74) is 0.392. The minimum absolute atomic E-state index is 0.244. The van der Waals surface area contributed by atoms with E-state index in [2.05, 4.69) is 5.32 Å². The van der Waals surface area contributed by atoms with Crippen molar-refractivity contribution in [2.45, 2.75) is 5.72 Å². The van der Waals surface area contributed by atoms with Crippen molar-refractivity contribution in [2.75, 3.05) is 0 Å². The lowest BCUT2D eigenvalue weighted by Crippen LogP contribution is -2.40. The molecule has 0 fully saturated rings. The van der Waals surface area contributed by atoms with Gasteiger partial charge in [-0.3, -0.25) is 4.79 Å². The van der Waals surface area contributed by atoms with Crippen LogP contribution in [0.2, 0.25) is 0 Å². The highest BCUT2D eigenvalue weighted by Crippen LogP contribution is 2.34.